The van der Waals surface area contributed by atoms with E-state index in [9.17, 15) is 4.79 Å². The van der Waals surface area contributed by atoms with Gasteiger partial charge in [-0.15, -0.1) is 0 Å². The smallest absolute Gasteiger partial charge is 0.253 e. The van der Waals surface area contributed by atoms with E-state index in [0.717, 1.165) is 18.1 Å². The summed E-state index contributed by atoms with van der Waals surface area (Å²) in [6, 6.07) is 16.0. The van der Waals surface area contributed by atoms with Crippen LogP contribution in [0.25, 0.3) is 0 Å². The molecule has 0 radical (unpaired) electrons. The third-order valence-electron chi connectivity index (χ3n) is 4.44. The highest BCUT2D eigenvalue weighted by Crippen LogP contribution is 2.09. The highest BCUT2D eigenvalue weighted by Gasteiger charge is 2.07. The Balaban J connectivity index is 1.92. The number of nitrogens with zero attached hydrogens (tertiary/aromatic N) is 2. The Morgan fingerprint density at radius 2 is 1.57 bits per heavy atom. The van der Waals surface area contributed by atoms with Crippen LogP contribution in [0.15, 0.2) is 53.5 Å². The van der Waals surface area contributed by atoms with Crippen molar-refractivity contribution in [3.05, 3.63) is 70.8 Å². The highest BCUT2D eigenvalue weighted by atomic mass is 16.5. The van der Waals surface area contributed by atoms with Crippen molar-refractivity contribution >= 4 is 11.9 Å². The molecule has 0 aliphatic carbocycles. The van der Waals surface area contributed by atoms with Crippen LogP contribution in [0.4, 0.5) is 0 Å². The molecule has 162 valence electrons. The summed E-state index contributed by atoms with van der Waals surface area (Å²) < 4.78 is 5.64. The molecule has 2 aromatic carbocycles. The molecule has 0 saturated carbocycles. The van der Waals surface area contributed by atoms with Crippen LogP contribution < -0.4 is 10.6 Å². The van der Waals surface area contributed by atoms with Gasteiger partial charge in [0.15, 0.2) is 5.96 Å². The molecule has 0 saturated heterocycles. The van der Waals surface area contributed by atoms with Gasteiger partial charge in [-0.05, 0) is 49.6 Å². The van der Waals surface area contributed by atoms with E-state index in [0.29, 0.717) is 25.3 Å². The minimum Gasteiger partial charge on any atom is -0.374 e. The van der Waals surface area contributed by atoms with Crippen LogP contribution in [0.2, 0.25) is 0 Å². The van der Waals surface area contributed by atoms with E-state index in [1.165, 1.54) is 11.1 Å². The summed E-state index contributed by atoms with van der Waals surface area (Å²) in [7, 11) is 3.50. The van der Waals surface area contributed by atoms with Crippen molar-refractivity contribution in [2.24, 2.45) is 4.99 Å². The molecule has 2 aromatic rings. The van der Waals surface area contributed by atoms with Crippen molar-refractivity contribution in [3.63, 3.8) is 0 Å². The molecule has 0 spiro atoms. The summed E-state index contributed by atoms with van der Waals surface area (Å²) in [4.78, 5) is 18.2. The number of ether oxygens (including phenoxy) is 1. The Kier molecular flexibility index (Phi) is 9.35. The van der Waals surface area contributed by atoms with Gasteiger partial charge in [0.25, 0.3) is 5.91 Å². The Labute approximate surface area is 180 Å². The summed E-state index contributed by atoms with van der Waals surface area (Å²) >= 11 is 0. The number of hydrogen-bond donors (Lipinski definition) is 2. The van der Waals surface area contributed by atoms with Gasteiger partial charge in [0.1, 0.15) is 0 Å². The predicted molar refractivity (Wildman–Crippen MR) is 122 cm³/mol. The van der Waals surface area contributed by atoms with Crippen LogP contribution in [0.3, 0.4) is 0 Å². The molecule has 0 aliphatic rings. The van der Waals surface area contributed by atoms with Gasteiger partial charge in [0.2, 0.25) is 0 Å². The fourth-order valence-corrected chi connectivity index (χ4v) is 2.73. The SMILES string of the molecule is CCNC(=NCc1ccc(C(=O)N(C)C)cc1)NCc1ccc(COC(C)C)cc1. The van der Waals surface area contributed by atoms with Crippen LogP contribution in [-0.2, 0) is 24.4 Å². The number of nitrogens with one attached hydrogen (secondary N) is 2. The number of hydrogen-bond acceptors (Lipinski definition) is 3. The summed E-state index contributed by atoms with van der Waals surface area (Å²) in [6.07, 6.45) is 0.231. The quantitative estimate of drug-likeness (QED) is 0.490. The van der Waals surface area contributed by atoms with Crippen molar-refractivity contribution < 1.29 is 9.53 Å². The monoisotopic (exact) mass is 410 g/mol. The maximum absolute atomic E-state index is 12.0. The molecule has 1 amide bonds. The number of carbonyl (C=O) groups excluding carboxylic acids is 1. The Bertz CT molecular complexity index is 812. The van der Waals surface area contributed by atoms with Gasteiger partial charge in [0, 0.05) is 32.7 Å². The van der Waals surface area contributed by atoms with Crippen LogP contribution in [0.5, 0.6) is 0 Å². The van der Waals surface area contributed by atoms with E-state index in [4.69, 9.17) is 4.74 Å². The maximum atomic E-state index is 12.0. The minimum absolute atomic E-state index is 0.00171. The predicted octanol–water partition coefficient (Wildman–Crippen LogP) is 3.57. The Hall–Kier alpha value is -2.86. The zero-order valence-electron chi connectivity index (χ0n) is 18.7. The number of carbonyl (C=O) groups is 1. The third-order valence-corrected chi connectivity index (χ3v) is 4.44. The van der Waals surface area contributed by atoms with Gasteiger partial charge in [-0.1, -0.05) is 36.4 Å². The lowest BCUT2D eigenvalue weighted by Gasteiger charge is -2.13. The van der Waals surface area contributed by atoms with E-state index < -0.39 is 0 Å². The molecule has 0 heterocycles. The third kappa shape index (κ3) is 7.87. The number of amides is 1. The van der Waals surface area contributed by atoms with Gasteiger partial charge < -0.3 is 20.3 Å². The first kappa shape index (κ1) is 23.4. The fourth-order valence-electron chi connectivity index (χ4n) is 2.73. The van der Waals surface area contributed by atoms with Crippen LogP contribution in [0.1, 0.15) is 47.8 Å². The molecule has 0 fully saturated rings. The first-order valence-corrected chi connectivity index (χ1v) is 10.4. The molecular weight excluding hydrogens is 376 g/mol. The van der Waals surface area contributed by atoms with Gasteiger partial charge in [-0.25, -0.2) is 4.99 Å². The molecule has 0 unspecified atom stereocenters. The standard InChI is InChI=1S/C24H34N4O2/c1-6-25-24(26-15-19-7-9-21(10-8-19)17-30-18(2)3)27-16-20-11-13-22(14-12-20)23(29)28(4)5/h7-14,18H,6,15-17H2,1-5H3,(H2,25,26,27). The number of benzene rings is 2. The normalized spacial score (nSPS) is 11.5. The highest BCUT2D eigenvalue weighted by molar-refractivity contribution is 5.93. The lowest BCUT2D eigenvalue weighted by Crippen LogP contribution is -2.36. The van der Waals surface area contributed by atoms with Gasteiger partial charge in [0.05, 0.1) is 19.3 Å². The molecule has 2 rings (SSSR count). The lowest BCUT2D eigenvalue weighted by molar-refractivity contribution is 0.0657. The summed E-state index contributed by atoms with van der Waals surface area (Å²) in [5.41, 5.74) is 4.08. The van der Waals surface area contributed by atoms with Crippen molar-refractivity contribution in [3.8, 4) is 0 Å². The van der Waals surface area contributed by atoms with E-state index in [1.54, 1.807) is 19.0 Å². The molecule has 0 bridgehead atoms. The van der Waals surface area contributed by atoms with E-state index >= 15 is 0 Å². The largest absolute Gasteiger partial charge is 0.374 e. The van der Waals surface area contributed by atoms with E-state index in [-0.39, 0.29) is 12.0 Å². The van der Waals surface area contributed by atoms with Crippen molar-refractivity contribution in [1.82, 2.24) is 15.5 Å². The second-order valence-corrected chi connectivity index (χ2v) is 7.62. The molecule has 0 atom stereocenters. The van der Waals surface area contributed by atoms with Crippen LogP contribution >= 0.6 is 0 Å². The lowest BCUT2D eigenvalue weighted by atomic mass is 10.1. The van der Waals surface area contributed by atoms with Gasteiger partial charge in [-0.2, -0.15) is 0 Å². The summed E-state index contributed by atoms with van der Waals surface area (Å²) in [5, 5.41) is 6.64. The zero-order valence-corrected chi connectivity index (χ0v) is 18.7. The van der Waals surface area contributed by atoms with Gasteiger partial charge in [-0.3, -0.25) is 4.79 Å². The van der Waals surface area contributed by atoms with Crippen molar-refractivity contribution in [1.29, 1.82) is 0 Å². The molecular formula is C24H34N4O2. The fraction of sp³-hybridized carbons (Fsp3) is 0.417. The molecule has 6 heteroatoms. The Morgan fingerprint density at radius 1 is 0.967 bits per heavy atom. The first-order chi connectivity index (χ1) is 14.4. The van der Waals surface area contributed by atoms with E-state index in [2.05, 4.69) is 39.9 Å². The van der Waals surface area contributed by atoms with Crippen LogP contribution in [0, 0.1) is 0 Å². The van der Waals surface area contributed by atoms with E-state index in [1.807, 2.05) is 45.0 Å². The van der Waals surface area contributed by atoms with Crippen molar-refractivity contribution in [2.75, 3.05) is 20.6 Å². The molecule has 0 aromatic heterocycles. The zero-order chi connectivity index (χ0) is 21.9. The Morgan fingerprint density at radius 3 is 2.13 bits per heavy atom. The summed E-state index contributed by atoms with van der Waals surface area (Å²) in [5.74, 6) is 0.764. The van der Waals surface area contributed by atoms with Gasteiger partial charge >= 0.3 is 0 Å². The number of rotatable bonds is 9. The van der Waals surface area contributed by atoms with Crippen LogP contribution in [-0.4, -0.2) is 43.5 Å². The number of aliphatic imine (C=N–C) groups is 1. The molecule has 0 aliphatic heterocycles. The maximum Gasteiger partial charge on any atom is 0.253 e. The first-order valence-electron chi connectivity index (χ1n) is 10.4. The molecule has 30 heavy (non-hydrogen) atoms. The second-order valence-electron chi connectivity index (χ2n) is 7.62. The second kappa shape index (κ2) is 12.0. The van der Waals surface area contributed by atoms with Crippen molar-refractivity contribution in [2.45, 2.75) is 46.6 Å². The molecule has 6 nitrogen and oxygen atoms in total. The average Bonchev–Trinajstić information content (AvgIpc) is 2.74. The summed E-state index contributed by atoms with van der Waals surface area (Å²) in [6.45, 7) is 8.77. The minimum atomic E-state index is 0.00171. The molecule has 2 N–H and O–H groups in total. The average molecular weight is 411 g/mol. The topological polar surface area (TPSA) is 66.0 Å². The number of guanidine groups is 1.